The molecule has 0 radical (unpaired) electrons. The van der Waals surface area contributed by atoms with Crippen molar-refractivity contribution in [3.8, 4) is 22.8 Å². The fraction of sp³-hybridized carbons (Fsp3) is 0.353. The zero-order valence-corrected chi connectivity index (χ0v) is 14.1. The van der Waals surface area contributed by atoms with E-state index in [9.17, 15) is 0 Å². The molecule has 22 heavy (non-hydrogen) atoms. The molecule has 0 bridgehead atoms. The van der Waals surface area contributed by atoms with Crippen molar-refractivity contribution in [2.75, 3.05) is 27.3 Å². The molecule has 0 amide bonds. The summed E-state index contributed by atoms with van der Waals surface area (Å²) in [5.74, 6) is 1.45. The molecule has 4 nitrogen and oxygen atoms in total. The Morgan fingerprint density at radius 3 is 2.73 bits per heavy atom. The topological polar surface area (TPSA) is 43.4 Å². The Hall–Kier alpha value is -1.85. The average molecular weight is 318 g/mol. The van der Waals surface area contributed by atoms with Gasteiger partial charge in [0, 0.05) is 30.0 Å². The maximum Gasteiger partial charge on any atom is 0.161 e. The molecule has 1 aromatic carbocycles. The van der Waals surface area contributed by atoms with Gasteiger partial charge in [-0.15, -0.1) is 17.9 Å². The number of thiazole rings is 1. The van der Waals surface area contributed by atoms with Crippen molar-refractivity contribution in [1.82, 2.24) is 10.3 Å². The number of aromatic nitrogens is 1. The van der Waals surface area contributed by atoms with E-state index in [0.29, 0.717) is 0 Å². The molecule has 1 N–H and O–H groups in total. The Kier molecular flexibility index (Phi) is 5.98. The molecule has 5 heteroatoms. The summed E-state index contributed by atoms with van der Waals surface area (Å²) < 4.78 is 10.6. The third-order valence-electron chi connectivity index (χ3n) is 3.30. The molecule has 0 aliphatic rings. The normalized spacial score (nSPS) is 10.5. The number of nitrogens with one attached hydrogen (secondary N) is 1. The van der Waals surface area contributed by atoms with Gasteiger partial charge >= 0.3 is 0 Å². The molecule has 1 aromatic heterocycles. The van der Waals surface area contributed by atoms with Crippen LogP contribution < -0.4 is 14.8 Å². The first kappa shape index (κ1) is 16.5. The van der Waals surface area contributed by atoms with Crippen LogP contribution in [-0.2, 0) is 6.42 Å². The van der Waals surface area contributed by atoms with Crippen molar-refractivity contribution in [2.45, 2.75) is 13.3 Å². The van der Waals surface area contributed by atoms with Crippen molar-refractivity contribution in [1.29, 1.82) is 0 Å². The molecular formula is C17H22N2O2S. The van der Waals surface area contributed by atoms with Crippen molar-refractivity contribution < 1.29 is 9.47 Å². The molecule has 0 aliphatic heterocycles. The van der Waals surface area contributed by atoms with E-state index in [2.05, 4.69) is 18.8 Å². The summed E-state index contributed by atoms with van der Waals surface area (Å²) in [6.07, 6.45) is 2.79. The summed E-state index contributed by atoms with van der Waals surface area (Å²) in [6.45, 7) is 7.53. The van der Waals surface area contributed by atoms with Gasteiger partial charge in [0.1, 0.15) is 0 Å². The predicted molar refractivity (Wildman–Crippen MR) is 92.2 cm³/mol. The minimum atomic E-state index is 0.724. The van der Waals surface area contributed by atoms with E-state index in [-0.39, 0.29) is 0 Å². The summed E-state index contributed by atoms with van der Waals surface area (Å²) in [4.78, 5) is 5.98. The van der Waals surface area contributed by atoms with Crippen LogP contribution in [0.1, 0.15) is 9.88 Å². The predicted octanol–water partition coefficient (Wildman–Crippen LogP) is 3.45. The first-order valence-electron chi connectivity index (χ1n) is 7.20. The van der Waals surface area contributed by atoms with Gasteiger partial charge < -0.3 is 14.8 Å². The number of hydrogen-bond acceptors (Lipinski definition) is 5. The van der Waals surface area contributed by atoms with E-state index < -0.39 is 0 Å². The Morgan fingerprint density at radius 1 is 1.27 bits per heavy atom. The number of hydrogen-bond donors (Lipinski definition) is 1. The average Bonchev–Trinajstić information content (AvgIpc) is 2.91. The Labute approximate surface area is 135 Å². The molecular weight excluding hydrogens is 296 g/mol. The van der Waals surface area contributed by atoms with E-state index >= 15 is 0 Å². The summed E-state index contributed by atoms with van der Waals surface area (Å²) in [6, 6.07) is 5.90. The van der Waals surface area contributed by atoms with Crippen LogP contribution in [0.5, 0.6) is 11.5 Å². The summed E-state index contributed by atoms with van der Waals surface area (Å²) in [5, 5.41) is 4.44. The van der Waals surface area contributed by atoms with Crippen LogP contribution in [0.2, 0.25) is 0 Å². The van der Waals surface area contributed by atoms with E-state index in [4.69, 9.17) is 14.5 Å². The zero-order chi connectivity index (χ0) is 15.9. The van der Waals surface area contributed by atoms with Gasteiger partial charge in [0.25, 0.3) is 0 Å². The Morgan fingerprint density at radius 2 is 2.05 bits per heavy atom. The Balaban J connectivity index is 2.18. The van der Waals surface area contributed by atoms with E-state index in [1.807, 2.05) is 24.3 Å². The Bertz CT molecular complexity index is 638. The molecule has 0 aliphatic carbocycles. The molecule has 0 unspecified atom stereocenters. The highest BCUT2D eigenvalue weighted by Gasteiger charge is 2.12. The van der Waals surface area contributed by atoms with Crippen molar-refractivity contribution in [2.24, 2.45) is 0 Å². The second kappa shape index (κ2) is 7.96. The van der Waals surface area contributed by atoms with Crippen molar-refractivity contribution in [3.63, 3.8) is 0 Å². The number of rotatable bonds is 8. The fourth-order valence-electron chi connectivity index (χ4n) is 2.21. The monoisotopic (exact) mass is 318 g/mol. The van der Waals surface area contributed by atoms with Crippen molar-refractivity contribution in [3.05, 3.63) is 40.7 Å². The van der Waals surface area contributed by atoms with Gasteiger partial charge in [0.15, 0.2) is 11.5 Å². The largest absolute Gasteiger partial charge is 0.493 e. The minimum absolute atomic E-state index is 0.724. The first-order valence-corrected chi connectivity index (χ1v) is 8.01. The van der Waals surface area contributed by atoms with Crippen LogP contribution in [0.25, 0.3) is 11.3 Å². The molecule has 1 heterocycles. The van der Waals surface area contributed by atoms with Gasteiger partial charge in [-0.3, -0.25) is 0 Å². The van der Waals surface area contributed by atoms with Gasteiger partial charge in [-0.25, -0.2) is 4.98 Å². The molecule has 0 spiro atoms. The lowest BCUT2D eigenvalue weighted by molar-refractivity contribution is 0.355. The van der Waals surface area contributed by atoms with E-state index in [1.54, 1.807) is 25.6 Å². The van der Waals surface area contributed by atoms with E-state index in [0.717, 1.165) is 47.3 Å². The molecule has 0 saturated carbocycles. The van der Waals surface area contributed by atoms with Crippen LogP contribution >= 0.6 is 11.3 Å². The first-order chi connectivity index (χ1) is 10.7. The van der Waals surface area contributed by atoms with Crippen molar-refractivity contribution >= 4 is 11.3 Å². The fourth-order valence-corrected chi connectivity index (χ4v) is 3.16. The highest BCUT2D eigenvalue weighted by Crippen LogP contribution is 2.34. The third-order valence-corrected chi connectivity index (χ3v) is 4.33. The lowest BCUT2D eigenvalue weighted by atomic mass is 10.1. The quantitative estimate of drug-likeness (QED) is 0.598. The summed E-state index contributed by atoms with van der Waals surface area (Å²) >= 11 is 1.74. The molecule has 0 fully saturated rings. The van der Waals surface area contributed by atoms with Gasteiger partial charge in [0.05, 0.1) is 24.9 Å². The van der Waals surface area contributed by atoms with Crippen LogP contribution in [0.3, 0.4) is 0 Å². The van der Waals surface area contributed by atoms with Gasteiger partial charge in [0.2, 0.25) is 0 Å². The molecule has 2 aromatic rings. The summed E-state index contributed by atoms with van der Waals surface area (Å²) in [5.41, 5.74) is 2.07. The highest BCUT2D eigenvalue weighted by molar-refractivity contribution is 7.12. The molecule has 2 rings (SSSR count). The smallest absolute Gasteiger partial charge is 0.161 e. The van der Waals surface area contributed by atoms with Gasteiger partial charge in [-0.2, -0.15) is 0 Å². The molecule has 0 saturated heterocycles. The maximum atomic E-state index is 5.37. The molecule has 0 atom stereocenters. The van der Waals surface area contributed by atoms with Crippen LogP contribution in [-0.4, -0.2) is 32.3 Å². The SMILES string of the molecule is C=CCNCCc1nc(-c2ccc(OC)c(OC)c2)c(C)s1. The number of aryl methyl sites for hydroxylation is 1. The zero-order valence-electron chi connectivity index (χ0n) is 13.3. The van der Waals surface area contributed by atoms with Crippen LogP contribution in [0.15, 0.2) is 30.9 Å². The highest BCUT2D eigenvalue weighted by atomic mass is 32.1. The van der Waals surface area contributed by atoms with Gasteiger partial charge in [-0.1, -0.05) is 6.08 Å². The lowest BCUT2D eigenvalue weighted by Crippen LogP contribution is -2.16. The molecule has 118 valence electrons. The number of nitrogens with zero attached hydrogens (tertiary/aromatic N) is 1. The lowest BCUT2D eigenvalue weighted by Gasteiger charge is -2.08. The van der Waals surface area contributed by atoms with Crippen LogP contribution in [0.4, 0.5) is 0 Å². The maximum absolute atomic E-state index is 5.37. The van der Waals surface area contributed by atoms with Crippen LogP contribution in [0, 0.1) is 6.92 Å². The number of benzene rings is 1. The van der Waals surface area contributed by atoms with Gasteiger partial charge in [-0.05, 0) is 25.1 Å². The third kappa shape index (κ3) is 3.87. The second-order valence-electron chi connectivity index (χ2n) is 4.82. The standard InChI is InChI=1S/C17H22N2O2S/c1-5-9-18-10-8-16-19-17(12(2)22-16)13-6-7-14(20-3)15(11-13)21-4/h5-7,11,18H,1,8-10H2,2-4H3. The minimum Gasteiger partial charge on any atom is -0.493 e. The number of ether oxygens (including phenoxy) is 2. The summed E-state index contributed by atoms with van der Waals surface area (Å²) in [7, 11) is 3.28. The number of methoxy groups -OCH3 is 2. The van der Waals surface area contributed by atoms with E-state index in [1.165, 1.54) is 4.88 Å². The second-order valence-corrected chi connectivity index (χ2v) is 6.11.